The van der Waals surface area contributed by atoms with Gasteiger partial charge in [0.25, 0.3) is 0 Å². The number of benzene rings is 2. The first kappa shape index (κ1) is 15.6. The van der Waals surface area contributed by atoms with Gasteiger partial charge in [-0.1, -0.05) is 66.5 Å². The minimum Gasteiger partial charge on any atom is -0.0843 e. The van der Waals surface area contributed by atoms with Crippen LogP contribution in [0.3, 0.4) is 0 Å². The second kappa shape index (κ2) is 6.78. The van der Waals surface area contributed by atoms with E-state index >= 15 is 0 Å². The Bertz CT molecular complexity index is 590. The van der Waals surface area contributed by atoms with E-state index in [-0.39, 0.29) is 0 Å². The van der Waals surface area contributed by atoms with Crippen LogP contribution in [0.5, 0.6) is 0 Å². The maximum absolute atomic E-state index is 6.24. The van der Waals surface area contributed by atoms with Gasteiger partial charge in [0, 0.05) is 9.50 Å². The smallest absolute Gasteiger partial charge is 0.0411 e. The van der Waals surface area contributed by atoms with E-state index in [1.165, 1.54) is 16.7 Å². The van der Waals surface area contributed by atoms with E-state index in [0.717, 1.165) is 15.9 Å². The molecule has 0 aliphatic heterocycles. The molecule has 0 heterocycles. The van der Waals surface area contributed by atoms with Crippen LogP contribution in [0.1, 0.15) is 49.3 Å². The van der Waals surface area contributed by atoms with Gasteiger partial charge in [-0.25, -0.2) is 0 Å². The summed E-state index contributed by atoms with van der Waals surface area (Å²) in [5.41, 5.74) is 3.98. The summed E-state index contributed by atoms with van der Waals surface area (Å²) in [6.07, 6.45) is 1.01. The molecule has 2 heteroatoms. The predicted octanol–water partition coefficient (Wildman–Crippen LogP) is 6.57. The van der Waals surface area contributed by atoms with Gasteiger partial charge in [0.05, 0.1) is 0 Å². The fraction of sp³-hybridized carbons (Fsp3) is 0.333. The number of rotatable bonds is 4. The van der Waals surface area contributed by atoms with Crippen molar-refractivity contribution in [3.05, 3.63) is 68.7 Å². The molecule has 0 aliphatic carbocycles. The summed E-state index contributed by atoms with van der Waals surface area (Å²) in [5.74, 6) is 0.986. The molecular weight excluding hydrogens is 332 g/mol. The van der Waals surface area contributed by atoms with Crippen molar-refractivity contribution < 1.29 is 0 Å². The Hall–Kier alpha value is -0.790. The first-order chi connectivity index (χ1) is 9.45. The normalized spacial score (nSPS) is 12.7. The van der Waals surface area contributed by atoms with Crippen molar-refractivity contribution in [3.8, 4) is 0 Å². The lowest BCUT2D eigenvalue weighted by atomic mass is 9.91. The van der Waals surface area contributed by atoms with Gasteiger partial charge in [0.1, 0.15) is 0 Å². The van der Waals surface area contributed by atoms with Crippen LogP contribution < -0.4 is 0 Å². The molecule has 0 N–H and O–H groups in total. The maximum atomic E-state index is 6.24. The molecule has 0 radical (unpaired) electrons. The molecule has 0 saturated carbocycles. The van der Waals surface area contributed by atoms with E-state index in [1.807, 2.05) is 0 Å². The summed E-state index contributed by atoms with van der Waals surface area (Å²) < 4.78 is 1.14. The van der Waals surface area contributed by atoms with E-state index in [1.54, 1.807) is 0 Å². The molecule has 2 aromatic rings. The first-order valence-electron chi connectivity index (χ1n) is 7.00. The van der Waals surface area contributed by atoms with Crippen LogP contribution in [0.4, 0.5) is 0 Å². The predicted molar refractivity (Wildman–Crippen MR) is 91.8 cm³/mol. The Morgan fingerprint density at radius 3 is 2.40 bits per heavy atom. The molecule has 2 aromatic carbocycles. The Balaban J connectivity index is 2.21. The summed E-state index contributed by atoms with van der Waals surface area (Å²) in [6.45, 7) is 6.66. The van der Waals surface area contributed by atoms with Gasteiger partial charge in [-0.15, -0.1) is 0 Å². The van der Waals surface area contributed by atoms with E-state index in [4.69, 9.17) is 11.6 Å². The minimum atomic E-state index is 0.478. The van der Waals surface area contributed by atoms with E-state index < -0.39 is 0 Å². The fourth-order valence-corrected chi connectivity index (χ4v) is 3.09. The SMILES string of the molecule is CC(C)c1cc(Cl)cc(CC(C)c2cccc(Br)c2)c1. The third-order valence-electron chi connectivity index (χ3n) is 3.61. The largest absolute Gasteiger partial charge is 0.0843 e. The number of hydrogen-bond donors (Lipinski definition) is 0. The molecule has 20 heavy (non-hydrogen) atoms. The third-order valence-corrected chi connectivity index (χ3v) is 4.32. The van der Waals surface area contributed by atoms with Gasteiger partial charge in [-0.05, 0) is 59.2 Å². The lowest BCUT2D eigenvalue weighted by Gasteiger charge is -2.15. The third kappa shape index (κ3) is 4.10. The van der Waals surface area contributed by atoms with Crippen molar-refractivity contribution in [2.24, 2.45) is 0 Å². The van der Waals surface area contributed by atoms with Crippen LogP contribution in [0.15, 0.2) is 46.9 Å². The van der Waals surface area contributed by atoms with Crippen LogP contribution >= 0.6 is 27.5 Å². The standard InChI is InChI=1S/C18H20BrCl/c1-12(2)16-8-14(9-18(20)11-16)7-13(3)15-5-4-6-17(19)10-15/h4-6,8-13H,7H2,1-3H3. The van der Waals surface area contributed by atoms with Crippen molar-refractivity contribution in [2.45, 2.75) is 39.0 Å². The van der Waals surface area contributed by atoms with Crippen molar-refractivity contribution in [1.82, 2.24) is 0 Å². The zero-order chi connectivity index (χ0) is 14.7. The molecule has 0 bridgehead atoms. The van der Waals surface area contributed by atoms with Gasteiger partial charge in [-0.3, -0.25) is 0 Å². The highest BCUT2D eigenvalue weighted by Gasteiger charge is 2.10. The fourth-order valence-electron chi connectivity index (χ4n) is 2.41. The second-order valence-corrected chi connectivity index (χ2v) is 7.06. The monoisotopic (exact) mass is 350 g/mol. The molecule has 2 rings (SSSR count). The molecule has 0 aliphatic rings. The summed E-state index contributed by atoms with van der Waals surface area (Å²) in [7, 11) is 0. The molecule has 106 valence electrons. The molecule has 0 saturated heterocycles. The van der Waals surface area contributed by atoms with Gasteiger partial charge in [0.15, 0.2) is 0 Å². The molecule has 0 spiro atoms. The van der Waals surface area contributed by atoms with Crippen molar-refractivity contribution in [2.75, 3.05) is 0 Å². The Kier molecular flexibility index (Phi) is 5.29. The first-order valence-corrected chi connectivity index (χ1v) is 8.17. The molecule has 0 fully saturated rings. The van der Waals surface area contributed by atoms with Crippen LogP contribution in [0.2, 0.25) is 5.02 Å². The average Bonchev–Trinajstić information content (AvgIpc) is 2.37. The molecular formula is C18H20BrCl. The molecule has 0 amide bonds. The summed E-state index contributed by atoms with van der Waals surface area (Å²) in [5, 5.41) is 0.840. The summed E-state index contributed by atoms with van der Waals surface area (Å²) >= 11 is 9.78. The Morgan fingerprint density at radius 1 is 1.00 bits per heavy atom. The molecule has 1 unspecified atom stereocenters. The highest BCUT2D eigenvalue weighted by atomic mass is 79.9. The molecule has 1 atom stereocenters. The van der Waals surface area contributed by atoms with Gasteiger partial charge in [0.2, 0.25) is 0 Å². The van der Waals surface area contributed by atoms with Gasteiger partial charge in [-0.2, -0.15) is 0 Å². The van der Waals surface area contributed by atoms with Crippen LogP contribution in [-0.2, 0) is 6.42 Å². The quantitative estimate of drug-likeness (QED) is 0.584. The van der Waals surface area contributed by atoms with Gasteiger partial charge < -0.3 is 0 Å². The summed E-state index contributed by atoms with van der Waals surface area (Å²) in [4.78, 5) is 0. The van der Waals surface area contributed by atoms with Crippen LogP contribution in [-0.4, -0.2) is 0 Å². The molecule has 0 nitrogen and oxygen atoms in total. The maximum Gasteiger partial charge on any atom is 0.0411 e. The minimum absolute atomic E-state index is 0.478. The van der Waals surface area contributed by atoms with Crippen molar-refractivity contribution >= 4 is 27.5 Å². The highest BCUT2D eigenvalue weighted by Crippen LogP contribution is 2.27. The lowest BCUT2D eigenvalue weighted by molar-refractivity contribution is 0.755. The van der Waals surface area contributed by atoms with Crippen molar-refractivity contribution in [1.29, 1.82) is 0 Å². The average molecular weight is 352 g/mol. The second-order valence-electron chi connectivity index (χ2n) is 5.71. The number of hydrogen-bond acceptors (Lipinski definition) is 0. The van der Waals surface area contributed by atoms with Crippen LogP contribution in [0.25, 0.3) is 0 Å². The van der Waals surface area contributed by atoms with E-state index in [9.17, 15) is 0 Å². The lowest BCUT2D eigenvalue weighted by Crippen LogP contribution is -2.00. The van der Waals surface area contributed by atoms with Crippen molar-refractivity contribution in [3.63, 3.8) is 0 Å². The zero-order valence-electron chi connectivity index (χ0n) is 12.2. The molecule has 0 aromatic heterocycles. The number of halogens is 2. The zero-order valence-corrected chi connectivity index (χ0v) is 14.5. The van der Waals surface area contributed by atoms with Crippen LogP contribution in [0, 0.1) is 0 Å². The topological polar surface area (TPSA) is 0 Å². The highest BCUT2D eigenvalue weighted by molar-refractivity contribution is 9.10. The van der Waals surface area contributed by atoms with E-state index in [2.05, 4.69) is 79.2 Å². The Morgan fingerprint density at radius 2 is 1.75 bits per heavy atom. The Labute approximate surface area is 135 Å². The van der Waals surface area contributed by atoms with E-state index in [0.29, 0.717) is 11.8 Å². The van der Waals surface area contributed by atoms with Gasteiger partial charge >= 0.3 is 0 Å². The summed E-state index contributed by atoms with van der Waals surface area (Å²) in [6, 6.07) is 15.0.